The average Bonchev–Trinajstić information content (AvgIpc) is 2.80. The van der Waals surface area contributed by atoms with E-state index in [-0.39, 0.29) is 29.7 Å². The molecule has 1 aliphatic carbocycles. The van der Waals surface area contributed by atoms with Crippen molar-refractivity contribution in [3.05, 3.63) is 24.1 Å². The third-order valence-corrected chi connectivity index (χ3v) is 6.79. The number of allylic oxidation sites excluding steroid dienone is 2. The maximum Gasteiger partial charge on any atom is 0.308 e. The molecule has 0 aromatic rings. The molecule has 6 heteroatoms. The number of Topliss-reactive ketones (excluding diaryl/α,β-unsaturated/α-hetero) is 1. The average molecular weight is 435 g/mol. The highest BCUT2D eigenvalue weighted by atomic mass is 16.5. The molecule has 1 saturated heterocycles. The van der Waals surface area contributed by atoms with Gasteiger partial charge in [0.15, 0.2) is 5.76 Å². The molecular formula is C25H42N2O4. The van der Waals surface area contributed by atoms with E-state index in [9.17, 15) is 9.59 Å². The lowest BCUT2D eigenvalue weighted by Crippen LogP contribution is -2.44. The zero-order chi connectivity index (χ0) is 22.8. The van der Waals surface area contributed by atoms with Crippen molar-refractivity contribution in [3.8, 4) is 0 Å². The number of rotatable bonds is 11. The van der Waals surface area contributed by atoms with E-state index in [1.54, 1.807) is 6.08 Å². The van der Waals surface area contributed by atoms with Crippen LogP contribution in [0.3, 0.4) is 0 Å². The fourth-order valence-corrected chi connectivity index (χ4v) is 4.66. The normalized spacial score (nSPS) is 24.6. The summed E-state index contributed by atoms with van der Waals surface area (Å²) >= 11 is 0. The largest absolute Gasteiger partial charge is 0.485 e. The molecule has 2 fully saturated rings. The van der Waals surface area contributed by atoms with Gasteiger partial charge in [-0.2, -0.15) is 0 Å². The van der Waals surface area contributed by atoms with E-state index < -0.39 is 0 Å². The Bertz CT molecular complexity index is 631. The van der Waals surface area contributed by atoms with Crippen LogP contribution in [0.15, 0.2) is 24.1 Å². The number of esters is 1. The second kappa shape index (κ2) is 12.9. The van der Waals surface area contributed by atoms with Crippen molar-refractivity contribution in [2.45, 2.75) is 72.3 Å². The highest BCUT2D eigenvalue weighted by molar-refractivity contribution is 5.96. The molecule has 0 amide bonds. The van der Waals surface area contributed by atoms with Crippen molar-refractivity contribution in [3.63, 3.8) is 0 Å². The molecule has 1 aliphatic heterocycles. The highest BCUT2D eigenvalue weighted by Gasteiger charge is 2.34. The number of ketones is 1. The molecule has 2 unspecified atom stereocenters. The van der Waals surface area contributed by atoms with E-state index in [1.807, 2.05) is 6.92 Å². The Morgan fingerprint density at radius 1 is 1.10 bits per heavy atom. The minimum atomic E-state index is -0.108. The quantitative estimate of drug-likeness (QED) is 0.229. The van der Waals surface area contributed by atoms with Gasteiger partial charge in [0.05, 0.1) is 24.3 Å². The number of hydrogen-bond acceptors (Lipinski definition) is 6. The van der Waals surface area contributed by atoms with Gasteiger partial charge in [-0.15, -0.1) is 0 Å². The van der Waals surface area contributed by atoms with Crippen LogP contribution in [0, 0.1) is 17.8 Å². The molecule has 0 aromatic carbocycles. The summed E-state index contributed by atoms with van der Waals surface area (Å²) in [5, 5.41) is 3.36. The third-order valence-electron chi connectivity index (χ3n) is 6.79. The van der Waals surface area contributed by atoms with Gasteiger partial charge in [-0.05, 0) is 51.0 Å². The SMILES string of the molecule is C=C/C(=C(/OC1CCC(C(=O)OCC)CC1)C(=O)C(CC)C(C)CC)N1CCNCC1. The van der Waals surface area contributed by atoms with Crippen LogP contribution in [-0.4, -0.2) is 55.5 Å². The Hall–Kier alpha value is -1.82. The van der Waals surface area contributed by atoms with Crippen LogP contribution in [-0.2, 0) is 19.1 Å². The number of piperazine rings is 1. The van der Waals surface area contributed by atoms with E-state index >= 15 is 0 Å². The fraction of sp³-hybridized carbons (Fsp3) is 0.760. The number of carbonyl (C=O) groups is 2. The maximum atomic E-state index is 13.7. The summed E-state index contributed by atoms with van der Waals surface area (Å²) in [6.07, 6.45) is 6.47. The standard InChI is InChI=1S/C25H42N2O4/c1-6-18(5)21(7-2)23(28)24(22(8-3)27-16-14-26-15-17-27)31-20-12-10-19(11-13-20)25(29)30-9-4/h8,18-21,26H,3,6-7,9-17H2,1-2,4-5H3/b24-22-. The summed E-state index contributed by atoms with van der Waals surface area (Å²) < 4.78 is 11.7. The lowest BCUT2D eigenvalue weighted by Gasteiger charge is -2.34. The molecule has 0 aromatic heterocycles. The van der Waals surface area contributed by atoms with Gasteiger partial charge < -0.3 is 19.7 Å². The van der Waals surface area contributed by atoms with Gasteiger partial charge in [0.1, 0.15) is 0 Å². The predicted molar refractivity (Wildman–Crippen MR) is 123 cm³/mol. The Morgan fingerprint density at radius 3 is 2.26 bits per heavy atom. The first-order valence-electron chi connectivity index (χ1n) is 12.2. The summed E-state index contributed by atoms with van der Waals surface area (Å²) in [6, 6.07) is 0. The van der Waals surface area contributed by atoms with Crippen LogP contribution >= 0.6 is 0 Å². The van der Waals surface area contributed by atoms with Crippen molar-refractivity contribution >= 4 is 11.8 Å². The lowest BCUT2D eigenvalue weighted by atomic mass is 9.84. The summed E-state index contributed by atoms with van der Waals surface area (Å²) in [7, 11) is 0. The molecule has 2 atom stereocenters. The summed E-state index contributed by atoms with van der Waals surface area (Å²) in [5.41, 5.74) is 0.820. The number of nitrogens with zero attached hydrogens (tertiary/aromatic N) is 1. The van der Waals surface area contributed by atoms with Gasteiger partial charge in [0.2, 0.25) is 5.78 Å². The van der Waals surface area contributed by atoms with Gasteiger partial charge in [-0.25, -0.2) is 0 Å². The van der Waals surface area contributed by atoms with Crippen LogP contribution in [0.2, 0.25) is 0 Å². The lowest BCUT2D eigenvalue weighted by molar-refractivity contribution is -0.150. The monoisotopic (exact) mass is 434 g/mol. The van der Waals surface area contributed by atoms with Crippen molar-refractivity contribution < 1.29 is 19.1 Å². The number of carbonyl (C=O) groups excluding carboxylic acids is 2. The molecule has 31 heavy (non-hydrogen) atoms. The smallest absolute Gasteiger partial charge is 0.308 e. The molecule has 0 spiro atoms. The first kappa shape index (κ1) is 25.4. The van der Waals surface area contributed by atoms with Gasteiger partial charge in [0, 0.05) is 32.1 Å². The Labute approximate surface area is 188 Å². The Morgan fingerprint density at radius 2 is 1.74 bits per heavy atom. The third kappa shape index (κ3) is 6.83. The van der Waals surface area contributed by atoms with E-state index in [2.05, 4.69) is 37.6 Å². The molecule has 1 saturated carbocycles. The predicted octanol–water partition coefficient (Wildman–Crippen LogP) is 4.07. The first-order chi connectivity index (χ1) is 15.0. The maximum absolute atomic E-state index is 13.7. The number of ether oxygens (including phenoxy) is 2. The molecule has 6 nitrogen and oxygen atoms in total. The van der Waals surface area contributed by atoms with Crippen LogP contribution < -0.4 is 5.32 Å². The summed E-state index contributed by atoms with van der Waals surface area (Å²) in [4.78, 5) is 28.0. The van der Waals surface area contributed by atoms with Crippen LogP contribution in [0.1, 0.15) is 66.2 Å². The first-order valence-corrected chi connectivity index (χ1v) is 12.2. The van der Waals surface area contributed by atoms with Crippen LogP contribution in [0.4, 0.5) is 0 Å². The number of nitrogens with one attached hydrogen (secondary N) is 1. The Balaban J connectivity index is 2.24. The van der Waals surface area contributed by atoms with E-state index in [0.29, 0.717) is 18.3 Å². The zero-order valence-electron chi connectivity index (χ0n) is 20.0. The van der Waals surface area contributed by atoms with Gasteiger partial charge in [-0.1, -0.05) is 33.8 Å². The van der Waals surface area contributed by atoms with Crippen molar-refractivity contribution in [2.24, 2.45) is 17.8 Å². The van der Waals surface area contributed by atoms with Crippen LogP contribution in [0.25, 0.3) is 0 Å². The molecule has 0 bridgehead atoms. The van der Waals surface area contributed by atoms with E-state index in [4.69, 9.17) is 9.47 Å². The Kier molecular flexibility index (Phi) is 10.6. The highest BCUT2D eigenvalue weighted by Crippen LogP contribution is 2.32. The molecule has 2 aliphatic rings. The van der Waals surface area contributed by atoms with Crippen LogP contribution in [0.5, 0.6) is 0 Å². The fourth-order valence-electron chi connectivity index (χ4n) is 4.66. The van der Waals surface area contributed by atoms with Gasteiger partial charge in [0.25, 0.3) is 0 Å². The van der Waals surface area contributed by atoms with E-state index in [1.165, 1.54) is 0 Å². The second-order valence-electron chi connectivity index (χ2n) is 8.76. The van der Waals surface area contributed by atoms with Gasteiger partial charge >= 0.3 is 5.97 Å². The van der Waals surface area contributed by atoms with E-state index in [0.717, 1.165) is 70.4 Å². The number of hydrogen-bond donors (Lipinski definition) is 1. The molecule has 2 rings (SSSR count). The summed E-state index contributed by atoms with van der Waals surface area (Å²) in [5.74, 6) is 0.640. The minimum absolute atomic E-state index is 0.0570. The molecule has 1 N–H and O–H groups in total. The van der Waals surface area contributed by atoms with Crippen molar-refractivity contribution in [2.75, 3.05) is 32.8 Å². The molecule has 176 valence electrons. The second-order valence-corrected chi connectivity index (χ2v) is 8.76. The van der Waals surface area contributed by atoms with Gasteiger partial charge in [-0.3, -0.25) is 9.59 Å². The molecule has 0 radical (unpaired) electrons. The molecule has 1 heterocycles. The summed E-state index contributed by atoms with van der Waals surface area (Å²) in [6.45, 7) is 16.1. The topological polar surface area (TPSA) is 67.9 Å². The minimum Gasteiger partial charge on any atom is -0.485 e. The molecular weight excluding hydrogens is 392 g/mol. The van der Waals surface area contributed by atoms with Crippen molar-refractivity contribution in [1.82, 2.24) is 10.2 Å². The van der Waals surface area contributed by atoms with Crippen molar-refractivity contribution in [1.29, 1.82) is 0 Å². The zero-order valence-corrected chi connectivity index (χ0v) is 20.0.